The van der Waals surface area contributed by atoms with Crippen LogP contribution in [-0.4, -0.2) is 17.1 Å². The first-order valence-electron chi connectivity index (χ1n) is 5.67. The lowest BCUT2D eigenvalue weighted by molar-refractivity contribution is 0.456. The molecule has 0 saturated heterocycles. The molecule has 1 heterocycles. The predicted molar refractivity (Wildman–Crippen MR) is 61.4 cm³/mol. The molecule has 0 aromatic carbocycles. The standard InChI is InChI=1S/C12H19N3/c1-9(10-3-2-6-14-8-10)15-12-5-4-11(13)7-12/h2-3,6,8-9,11-12,15H,4-5,7,13H2,1H3. The molecular weight excluding hydrogens is 186 g/mol. The minimum absolute atomic E-state index is 0.369. The van der Waals surface area contributed by atoms with Crippen LogP contribution in [0.5, 0.6) is 0 Å². The average Bonchev–Trinajstić information content (AvgIpc) is 2.65. The molecule has 0 aliphatic heterocycles. The topological polar surface area (TPSA) is 50.9 Å². The second kappa shape index (κ2) is 4.73. The Hall–Kier alpha value is -0.930. The Morgan fingerprint density at radius 1 is 1.53 bits per heavy atom. The van der Waals surface area contributed by atoms with Gasteiger partial charge in [-0.25, -0.2) is 0 Å². The average molecular weight is 205 g/mol. The summed E-state index contributed by atoms with van der Waals surface area (Å²) < 4.78 is 0. The first-order valence-corrected chi connectivity index (χ1v) is 5.67. The van der Waals surface area contributed by atoms with Gasteiger partial charge in [0.15, 0.2) is 0 Å². The zero-order valence-corrected chi connectivity index (χ0v) is 9.19. The molecule has 3 nitrogen and oxygen atoms in total. The van der Waals surface area contributed by atoms with Crippen molar-refractivity contribution in [2.75, 3.05) is 0 Å². The van der Waals surface area contributed by atoms with Gasteiger partial charge in [0.05, 0.1) is 0 Å². The van der Waals surface area contributed by atoms with E-state index in [0.29, 0.717) is 18.1 Å². The maximum atomic E-state index is 5.89. The number of rotatable bonds is 3. The monoisotopic (exact) mass is 205 g/mol. The summed E-state index contributed by atoms with van der Waals surface area (Å²) >= 11 is 0. The highest BCUT2D eigenvalue weighted by Crippen LogP contribution is 2.20. The molecule has 3 atom stereocenters. The van der Waals surface area contributed by atoms with Crippen molar-refractivity contribution >= 4 is 0 Å². The summed E-state index contributed by atoms with van der Waals surface area (Å²) in [7, 11) is 0. The lowest BCUT2D eigenvalue weighted by Crippen LogP contribution is -2.30. The van der Waals surface area contributed by atoms with Crippen LogP contribution in [0.3, 0.4) is 0 Å². The van der Waals surface area contributed by atoms with Crippen molar-refractivity contribution in [1.29, 1.82) is 0 Å². The molecule has 3 unspecified atom stereocenters. The van der Waals surface area contributed by atoms with Crippen LogP contribution in [0.4, 0.5) is 0 Å². The van der Waals surface area contributed by atoms with Crippen LogP contribution < -0.4 is 11.1 Å². The quantitative estimate of drug-likeness (QED) is 0.788. The SMILES string of the molecule is CC(NC1CCC(N)C1)c1cccnc1. The van der Waals surface area contributed by atoms with Crippen LogP contribution in [0.2, 0.25) is 0 Å². The van der Waals surface area contributed by atoms with E-state index in [9.17, 15) is 0 Å². The van der Waals surface area contributed by atoms with Gasteiger partial charge >= 0.3 is 0 Å². The van der Waals surface area contributed by atoms with Gasteiger partial charge in [-0.05, 0) is 37.8 Å². The molecule has 15 heavy (non-hydrogen) atoms. The van der Waals surface area contributed by atoms with Crippen molar-refractivity contribution in [2.24, 2.45) is 5.73 Å². The normalized spacial score (nSPS) is 27.9. The third kappa shape index (κ3) is 2.76. The Morgan fingerprint density at radius 2 is 2.40 bits per heavy atom. The number of nitrogens with one attached hydrogen (secondary N) is 1. The lowest BCUT2D eigenvalue weighted by Gasteiger charge is -2.19. The number of nitrogens with zero attached hydrogens (tertiary/aromatic N) is 1. The fourth-order valence-corrected chi connectivity index (χ4v) is 2.25. The van der Waals surface area contributed by atoms with Crippen LogP contribution in [0.1, 0.15) is 37.8 Å². The molecule has 3 N–H and O–H groups in total. The van der Waals surface area contributed by atoms with Crippen molar-refractivity contribution in [3.63, 3.8) is 0 Å². The van der Waals surface area contributed by atoms with Gasteiger partial charge in [0.1, 0.15) is 0 Å². The molecule has 0 radical (unpaired) electrons. The van der Waals surface area contributed by atoms with E-state index in [0.717, 1.165) is 12.8 Å². The number of pyridine rings is 1. The molecule has 0 spiro atoms. The largest absolute Gasteiger partial charge is 0.328 e. The van der Waals surface area contributed by atoms with Gasteiger partial charge in [0, 0.05) is 30.5 Å². The smallest absolute Gasteiger partial charge is 0.0315 e. The van der Waals surface area contributed by atoms with Crippen molar-refractivity contribution in [2.45, 2.75) is 44.3 Å². The summed E-state index contributed by atoms with van der Waals surface area (Å²) in [6.45, 7) is 2.18. The van der Waals surface area contributed by atoms with E-state index in [1.807, 2.05) is 18.5 Å². The molecular formula is C12H19N3. The van der Waals surface area contributed by atoms with Crippen molar-refractivity contribution in [3.05, 3.63) is 30.1 Å². The summed E-state index contributed by atoms with van der Waals surface area (Å²) in [4.78, 5) is 4.13. The summed E-state index contributed by atoms with van der Waals surface area (Å²) in [6.07, 6.45) is 7.18. The fourth-order valence-electron chi connectivity index (χ4n) is 2.25. The van der Waals surface area contributed by atoms with E-state index in [2.05, 4.69) is 23.3 Å². The highest BCUT2D eigenvalue weighted by atomic mass is 15.0. The molecule has 82 valence electrons. The molecule has 0 amide bonds. The maximum Gasteiger partial charge on any atom is 0.0315 e. The molecule has 1 aromatic heterocycles. The van der Waals surface area contributed by atoms with Crippen molar-refractivity contribution < 1.29 is 0 Å². The van der Waals surface area contributed by atoms with Gasteiger partial charge < -0.3 is 11.1 Å². The van der Waals surface area contributed by atoms with Crippen LogP contribution in [0.25, 0.3) is 0 Å². The Bertz CT molecular complexity index is 299. The molecule has 1 aliphatic carbocycles. The van der Waals surface area contributed by atoms with E-state index < -0.39 is 0 Å². The molecule has 0 bridgehead atoms. The number of nitrogens with two attached hydrogens (primary N) is 1. The number of aromatic nitrogens is 1. The van der Waals surface area contributed by atoms with E-state index in [1.54, 1.807) is 0 Å². The molecule has 2 rings (SSSR count). The number of hydrogen-bond acceptors (Lipinski definition) is 3. The molecule has 1 aliphatic rings. The fraction of sp³-hybridized carbons (Fsp3) is 0.583. The molecule has 1 fully saturated rings. The summed E-state index contributed by atoms with van der Waals surface area (Å²) in [6, 6.07) is 5.43. The van der Waals surface area contributed by atoms with Gasteiger partial charge in [-0.1, -0.05) is 6.07 Å². The maximum absolute atomic E-state index is 5.89. The third-order valence-corrected chi connectivity index (χ3v) is 3.14. The minimum atomic E-state index is 0.369. The van der Waals surface area contributed by atoms with Gasteiger partial charge in [-0.3, -0.25) is 4.98 Å². The zero-order valence-electron chi connectivity index (χ0n) is 9.19. The highest BCUT2D eigenvalue weighted by molar-refractivity contribution is 5.13. The van der Waals surface area contributed by atoms with Crippen molar-refractivity contribution in [1.82, 2.24) is 10.3 Å². The van der Waals surface area contributed by atoms with E-state index >= 15 is 0 Å². The Morgan fingerprint density at radius 3 is 3.00 bits per heavy atom. The Balaban J connectivity index is 1.90. The lowest BCUT2D eigenvalue weighted by atomic mass is 10.1. The van der Waals surface area contributed by atoms with Crippen LogP contribution in [0.15, 0.2) is 24.5 Å². The first kappa shape index (κ1) is 10.6. The Kier molecular flexibility index (Phi) is 3.34. The predicted octanol–water partition coefficient (Wildman–Crippen LogP) is 1.61. The van der Waals surface area contributed by atoms with E-state index in [4.69, 9.17) is 5.73 Å². The summed E-state index contributed by atoms with van der Waals surface area (Å²) in [5.74, 6) is 0. The van der Waals surface area contributed by atoms with E-state index in [-0.39, 0.29) is 0 Å². The van der Waals surface area contributed by atoms with Crippen molar-refractivity contribution in [3.8, 4) is 0 Å². The van der Waals surface area contributed by atoms with Crippen LogP contribution in [0, 0.1) is 0 Å². The second-order valence-corrected chi connectivity index (χ2v) is 4.44. The van der Waals surface area contributed by atoms with Gasteiger partial charge in [0.25, 0.3) is 0 Å². The highest BCUT2D eigenvalue weighted by Gasteiger charge is 2.22. The van der Waals surface area contributed by atoms with E-state index in [1.165, 1.54) is 12.0 Å². The second-order valence-electron chi connectivity index (χ2n) is 4.44. The molecule has 1 saturated carbocycles. The first-order chi connectivity index (χ1) is 7.25. The molecule has 1 aromatic rings. The van der Waals surface area contributed by atoms with Crippen LogP contribution in [-0.2, 0) is 0 Å². The van der Waals surface area contributed by atoms with Gasteiger partial charge in [-0.15, -0.1) is 0 Å². The minimum Gasteiger partial charge on any atom is -0.328 e. The zero-order chi connectivity index (χ0) is 10.7. The van der Waals surface area contributed by atoms with Gasteiger partial charge in [0.2, 0.25) is 0 Å². The summed E-state index contributed by atoms with van der Waals surface area (Å²) in [5.41, 5.74) is 7.14. The third-order valence-electron chi connectivity index (χ3n) is 3.14. The number of hydrogen-bond donors (Lipinski definition) is 2. The molecule has 3 heteroatoms. The summed E-state index contributed by atoms with van der Waals surface area (Å²) in [5, 5.41) is 3.61. The van der Waals surface area contributed by atoms with Crippen LogP contribution >= 0.6 is 0 Å². The Labute approximate surface area is 91.1 Å². The van der Waals surface area contributed by atoms with Gasteiger partial charge in [-0.2, -0.15) is 0 Å².